The molecule has 0 radical (unpaired) electrons. The van der Waals surface area contributed by atoms with Crippen LogP contribution >= 0.6 is 0 Å². The third-order valence-electron chi connectivity index (χ3n) is 3.52. The molecule has 0 amide bonds. The molecule has 0 aromatic heterocycles. The predicted octanol–water partition coefficient (Wildman–Crippen LogP) is 1.84. The second-order valence-corrected chi connectivity index (χ2v) is 4.58. The SMILES string of the molecule is C=C[C@H](c1ccc(OC)c(OC)c1)N1CCNCC1. The highest BCUT2D eigenvalue weighted by atomic mass is 16.5. The molecule has 104 valence electrons. The van der Waals surface area contributed by atoms with Crippen LogP contribution < -0.4 is 14.8 Å². The van der Waals surface area contributed by atoms with E-state index in [2.05, 4.69) is 22.9 Å². The van der Waals surface area contributed by atoms with Gasteiger partial charge in [-0.25, -0.2) is 0 Å². The highest BCUT2D eigenvalue weighted by molar-refractivity contribution is 5.44. The molecule has 1 aromatic carbocycles. The van der Waals surface area contributed by atoms with Gasteiger partial charge in [-0.2, -0.15) is 0 Å². The number of nitrogens with one attached hydrogen (secondary N) is 1. The Morgan fingerprint density at radius 2 is 1.89 bits per heavy atom. The molecule has 4 nitrogen and oxygen atoms in total. The maximum absolute atomic E-state index is 5.37. The first-order valence-electron chi connectivity index (χ1n) is 6.59. The third-order valence-corrected chi connectivity index (χ3v) is 3.52. The Balaban J connectivity index is 2.24. The Hall–Kier alpha value is -1.52. The Morgan fingerprint density at radius 3 is 2.47 bits per heavy atom. The normalized spacial score (nSPS) is 17.8. The molecule has 0 aliphatic carbocycles. The molecular weight excluding hydrogens is 240 g/mol. The number of piperazine rings is 1. The van der Waals surface area contributed by atoms with E-state index in [1.54, 1.807) is 14.2 Å². The fraction of sp³-hybridized carbons (Fsp3) is 0.467. The van der Waals surface area contributed by atoms with E-state index in [1.807, 2.05) is 18.2 Å². The summed E-state index contributed by atoms with van der Waals surface area (Å²) in [7, 11) is 3.31. The Bertz CT molecular complexity index is 428. The summed E-state index contributed by atoms with van der Waals surface area (Å²) in [6.45, 7) is 8.09. The van der Waals surface area contributed by atoms with Crippen molar-refractivity contribution in [2.24, 2.45) is 0 Å². The van der Waals surface area contributed by atoms with Crippen LogP contribution in [0, 0.1) is 0 Å². The van der Waals surface area contributed by atoms with E-state index in [9.17, 15) is 0 Å². The molecule has 1 N–H and O–H groups in total. The fourth-order valence-corrected chi connectivity index (χ4v) is 2.49. The van der Waals surface area contributed by atoms with Crippen LogP contribution in [0.5, 0.6) is 11.5 Å². The molecular formula is C15H22N2O2. The molecule has 1 atom stereocenters. The lowest BCUT2D eigenvalue weighted by molar-refractivity contribution is 0.203. The van der Waals surface area contributed by atoms with E-state index < -0.39 is 0 Å². The van der Waals surface area contributed by atoms with Gasteiger partial charge in [0.15, 0.2) is 11.5 Å². The first-order valence-corrected chi connectivity index (χ1v) is 6.59. The van der Waals surface area contributed by atoms with Crippen molar-refractivity contribution in [3.8, 4) is 11.5 Å². The molecule has 1 fully saturated rings. The Kier molecular flexibility index (Phi) is 4.82. The Labute approximate surface area is 115 Å². The quantitative estimate of drug-likeness (QED) is 0.821. The van der Waals surface area contributed by atoms with E-state index in [0.29, 0.717) is 0 Å². The molecule has 0 unspecified atom stereocenters. The number of rotatable bonds is 5. The van der Waals surface area contributed by atoms with Crippen LogP contribution in [-0.4, -0.2) is 45.3 Å². The van der Waals surface area contributed by atoms with E-state index in [-0.39, 0.29) is 6.04 Å². The number of hydrogen-bond acceptors (Lipinski definition) is 4. The topological polar surface area (TPSA) is 33.7 Å². The van der Waals surface area contributed by atoms with Gasteiger partial charge in [0.25, 0.3) is 0 Å². The number of nitrogens with zero attached hydrogens (tertiary/aromatic N) is 1. The van der Waals surface area contributed by atoms with Crippen molar-refractivity contribution >= 4 is 0 Å². The molecule has 0 bridgehead atoms. The minimum Gasteiger partial charge on any atom is -0.493 e. The number of ether oxygens (including phenoxy) is 2. The molecule has 1 aliphatic heterocycles. The van der Waals surface area contributed by atoms with E-state index in [1.165, 1.54) is 5.56 Å². The zero-order valence-electron chi connectivity index (χ0n) is 11.7. The molecule has 1 aromatic rings. The molecule has 2 rings (SSSR count). The first-order chi connectivity index (χ1) is 9.30. The lowest BCUT2D eigenvalue weighted by Gasteiger charge is -2.33. The largest absolute Gasteiger partial charge is 0.493 e. The lowest BCUT2D eigenvalue weighted by atomic mass is 10.0. The number of hydrogen-bond donors (Lipinski definition) is 1. The van der Waals surface area contributed by atoms with Crippen molar-refractivity contribution in [1.29, 1.82) is 0 Å². The highest BCUT2D eigenvalue weighted by Crippen LogP contribution is 2.32. The molecule has 1 heterocycles. The van der Waals surface area contributed by atoms with Crippen molar-refractivity contribution < 1.29 is 9.47 Å². The van der Waals surface area contributed by atoms with Gasteiger partial charge >= 0.3 is 0 Å². The van der Waals surface area contributed by atoms with Crippen LogP contribution in [0.25, 0.3) is 0 Å². The third kappa shape index (κ3) is 3.08. The van der Waals surface area contributed by atoms with Crippen molar-refractivity contribution in [3.05, 3.63) is 36.4 Å². The van der Waals surface area contributed by atoms with Gasteiger partial charge in [0.2, 0.25) is 0 Å². The molecule has 1 aliphatic rings. The molecule has 4 heteroatoms. The average Bonchev–Trinajstić information content (AvgIpc) is 2.49. The predicted molar refractivity (Wildman–Crippen MR) is 76.9 cm³/mol. The maximum Gasteiger partial charge on any atom is 0.161 e. The van der Waals surface area contributed by atoms with Gasteiger partial charge in [-0.3, -0.25) is 4.90 Å². The molecule has 0 spiro atoms. The second-order valence-electron chi connectivity index (χ2n) is 4.58. The van der Waals surface area contributed by atoms with Gasteiger partial charge in [0.1, 0.15) is 0 Å². The van der Waals surface area contributed by atoms with Gasteiger partial charge < -0.3 is 14.8 Å². The summed E-state index contributed by atoms with van der Waals surface area (Å²) < 4.78 is 10.6. The zero-order valence-corrected chi connectivity index (χ0v) is 11.7. The van der Waals surface area contributed by atoms with Crippen molar-refractivity contribution in [2.75, 3.05) is 40.4 Å². The van der Waals surface area contributed by atoms with E-state index >= 15 is 0 Å². The van der Waals surface area contributed by atoms with Gasteiger partial charge in [-0.1, -0.05) is 12.1 Å². The molecule has 19 heavy (non-hydrogen) atoms. The fourth-order valence-electron chi connectivity index (χ4n) is 2.49. The van der Waals surface area contributed by atoms with Gasteiger partial charge in [0.05, 0.1) is 20.3 Å². The van der Waals surface area contributed by atoms with E-state index in [4.69, 9.17) is 9.47 Å². The minimum atomic E-state index is 0.224. The number of methoxy groups -OCH3 is 2. The molecule has 1 saturated heterocycles. The summed E-state index contributed by atoms with van der Waals surface area (Å²) in [5, 5.41) is 3.37. The summed E-state index contributed by atoms with van der Waals surface area (Å²) in [4.78, 5) is 2.42. The summed E-state index contributed by atoms with van der Waals surface area (Å²) in [5.74, 6) is 1.52. The average molecular weight is 262 g/mol. The second kappa shape index (κ2) is 6.59. The minimum absolute atomic E-state index is 0.224. The lowest BCUT2D eigenvalue weighted by Crippen LogP contribution is -2.44. The Morgan fingerprint density at radius 1 is 1.21 bits per heavy atom. The monoisotopic (exact) mass is 262 g/mol. The van der Waals surface area contributed by atoms with Gasteiger partial charge in [0, 0.05) is 26.2 Å². The van der Waals surface area contributed by atoms with Crippen LogP contribution in [0.1, 0.15) is 11.6 Å². The summed E-state index contributed by atoms with van der Waals surface area (Å²) in [5.41, 5.74) is 1.19. The first kappa shape index (κ1) is 13.9. The number of benzene rings is 1. The van der Waals surface area contributed by atoms with Crippen LogP contribution in [0.2, 0.25) is 0 Å². The standard InChI is InChI=1S/C15H22N2O2/c1-4-13(17-9-7-16-8-10-17)12-5-6-14(18-2)15(11-12)19-3/h4-6,11,13,16H,1,7-10H2,2-3H3/t13-/m1/s1. The van der Waals surface area contributed by atoms with Crippen LogP contribution in [-0.2, 0) is 0 Å². The van der Waals surface area contributed by atoms with Crippen molar-refractivity contribution in [2.45, 2.75) is 6.04 Å². The van der Waals surface area contributed by atoms with Crippen molar-refractivity contribution in [1.82, 2.24) is 10.2 Å². The summed E-state index contributed by atoms with van der Waals surface area (Å²) >= 11 is 0. The van der Waals surface area contributed by atoms with Crippen LogP contribution in [0.3, 0.4) is 0 Å². The molecule has 0 saturated carbocycles. The van der Waals surface area contributed by atoms with Gasteiger partial charge in [-0.05, 0) is 17.7 Å². The van der Waals surface area contributed by atoms with Crippen LogP contribution in [0.15, 0.2) is 30.9 Å². The summed E-state index contributed by atoms with van der Waals surface area (Å²) in [6.07, 6.45) is 1.99. The van der Waals surface area contributed by atoms with E-state index in [0.717, 1.165) is 37.7 Å². The zero-order chi connectivity index (χ0) is 13.7. The smallest absolute Gasteiger partial charge is 0.161 e. The van der Waals surface area contributed by atoms with Gasteiger partial charge in [-0.15, -0.1) is 6.58 Å². The maximum atomic E-state index is 5.37. The van der Waals surface area contributed by atoms with Crippen molar-refractivity contribution in [3.63, 3.8) is 0 Å². The van der Waals surface area contributed by atoms with Crippen LogP contribution in [0.4, 0.5) is 0 Å². The highest BCUT2D eigenvalue weighted by Gasteiger charge is 2.20. The summed E-state index contributed by atoms with van der Waals surface area (Å²) in [6, 6.07) is 6.29.